The third-order valence-electron chi connectivity index (χ3n) is 6.42. The van der Waals surface area contributed by atoms with Crippen LogP contribution in [-0.4, -0.2) is 68.8 Å². The lowest BCUT2D eigenvalue weighted by Gasteiger charge is -2.44. The van der Waals surface area contributed by atoms with Gasteiger partial charge < -0.3 is 9.64 Å². The maximum absolute atomic E-state index is 5.57. The Labute approximate surface area is 181 Å². The third-order valence-corrected chi connectivity index (χ3v) is 6.42. The number of methoxy groups -OCH3 is 1. The highest BCUT2D eigenvalue weighted by Gasteiger charge is 2.28. The summed E-state index contributed by atoms with van der Waals surface area (Å²) in [5.74, 6) is 0.982. The van der Waals surface area contributed by atoms with E-state index in [9.17, 15) is 0 Å². The summed E-state index contributed by atoms with van der Waals surface area (Å²) in [5, 5.41) is 0. The highest BCUT2D eigenvalue weighted by molar-refractivity contribution is 5.58. The molecule has 0 aliphatic carbocycles. The maximum atomic E-state index is 5.57. The number of hydrogen-bond acceptors (Lipinski definition) is 4. The van der Waals surface area contributed by atoms with Crippen LogP contribution in [0.2, 0.25) is 0 Å². The molecule has 0 aromatic heterocycles. The third kappa shape index (κ3) is 5.24. The Morgan fingerprint density at radius 3 is 2.47 bits per heavy atom. The van der Waals surface area contributed by atoms with Crippen molar-refractivity contribution in [1.82, 2.24) is 9.80 Å². The molecule has 2 aromatic carbocycles. The van der Waals surface area contributed by atoms with E-state index in [4.69, 9.17) is 4.74 Å². The summed E-state index contributed by atoms with van der Waals surface area (Å²) in [5.41, 5.74) is 3.98. The normalized spacial score (nSPS) is 21.6. The number of anilines is 1. The molecule has 0 radical (unpaired) electrons. The molecule has 0 amide bonds. The van der Waals surface area contributed by atoms with Crippen LogP contribution in [0.25, 0.3) is 6.08 Å². The fourth-order valence-electron chi connectivity index (χ4n) is 4.92. The zero-order valence-electron chi connectivity index (χ0n) is 18.5. The largest absolute Gasteiger partial charge is 0.495 e. The molecule has 2 aliphatic heterocycles. The number of ether oxygens (including phenoxy) is 1. The summed E-state index contributed by atoms with van der Waals surface area (Å²) in [4.78, 5) is 7.84. The van der Waals surface area contributed by atoms with E-state index in [0.717, 1.165) is 38.5 Å². The highest BCUT2D eigenvalue weighted by Crippen LogP contribution is 2.29. The number of piperazine rings is 1. The minimum absolute atomic E-state index is 0.683. The average Bonchev–Trinajstić information content (AvgIpc) is 2.80. The van der Waals surface area contributed by atoms with Crippen LogP contribution in [-0.2, 0) is 0 Å². The molecular weight excluding hydrogens is 370 g/mol. The quantitative estimate of drug-likeness (QED) is 0.710. The van der Waals surface area contributed by atoms with Crippen LogP contribution >= 0.6 is 0 Å². The van der Waals surface area contributed by atoms with Gasteiger partial charge in [0, 0.05) is 45.3 Å². The number of hydrogen-bond donors (Lipinski definition) is 0. The molecule has 160 valence electrons. The lowest BCUT2D eigenvalue weighted by atomic mass is 10.0. The van der Waals surface area contributed by atoms with Gasteiger partial charge in [-0.1, -0.05) is 54.1 Å². The standard InChI is InChI=1S/C26H35N3O/c1-22(19-23-9-4-3-5-10-23)20-27-14-8-11-24(21-27)28-15-17-29(18-16-28)25-12-6-7-13-26(25)30-2/h3-7,9-10,12-13,19,24H,8,11,14-18,20-21H2,1-2H3/b22-19+/t24-/m0/s1. The van der Waals surface area contributed by atoms with Crippen LogP contribution in [0.5, 0.6) is 5.75 Å². The highest BCUT2D eigenvalue weighted by atomic mass is 16.5. The molecule has 2 saturated heterocycles. The minimum atomic E-state index is 0.683. The van der Waals surface area contributed by atoms with E-state index in [0.29, 0.717) is 6.04 Å². The van der Waals surface area contributed by atoms with E-state index in [2.05, 4.69) is 76.2 Å². The summed E-state index contributed by atoms with van der Waals surface area (Å²) < 4.78 is 5.57. The second-order valence-electron chi connectivity index (χ2n) is 8.63. The summed E-state index contributed by atoms with van der Waals surface area (Å²) in [7, 11) is 1.76. The summed E-state index contributed by atoms with van der Waals surface area (Å²) in [6.07, 6.45) is 4.96. The Hall–Kier alpha value is -2.30. The van der Waals surface area contributed by atoms with Crippen LogP contribution in [0, 0.1) is 0 Å². The van der Waals surface area contributed by atoms with Gasteiger partial charge >= 0.3 is 0 Å². The first-order valence-electron chi connectivity index (χ1n) is 11.3. The van der Waals surface area contributed by atoms with Crippen molar-refractivity contribution >= 4 is 11.8 Å². The van der Waals surface area contributed by atoms with Crippen LogP contribution in [0.1, 0.15) is 25.3 Å². The maximum Gasteiger partial charge on any atom is 0.142 e. The van der Waals surface area contributed by atoms with Crippen molar-refractivity contribution in [2.45, 2.75) is 25.8 Å². The van der Waals surface area contributed by atoms with E-state index >= 15 is 0 Å². The monoisotopic (exact) mass is 405 g/mol. The van der Waals surface area contributed by atoms with E-state index in [-0.39, 0.29) is 0 Å². The number of likely N-dealkylation sites (tertiary alicyclic amines) is 1. The van der Waals surface area contributed by atoms with Gasteiger partial charge in [0.25, 0.3) is 0 Å². The van der Waals surface area contributed by atoms with Crippen molar-refractivity contribution in [3.8, 4) is 5.75 Å². The molecule has 2 aromatic rings. The van der Waals surface area contributed by atoms with Gasteiger partial charge in [0.1, 0.15) is 5.75 Å². The predicted octanol–water partition coefficient (Wildman–Crippen LogP) is 4.39. The van der Waals surface area contributed by atoms with Gasteiger partial charge in [0.15, 0.2) is 0 Å². The Morgan fingerprint density at radius 2 is 1.70 bits per heavy atom. The number of nitrogens with zero attached hydrogens (tertiary/aromatic N) is 3. The Kier molecular flexibility index (Phi) is 7.08. The molecule has 2 fully saturated rings. The molecule has 1 atom stereocenters. The summed E-state index contributed by atoms with van der Waals surface area (Å²) in [6, 6.07) is 19.7. The zero-order valence-corrected chi connectivity index (χ0v) is 18.5. The van der Waals surface area contributed by atoms with Crippen molar-refractivity contribution < 1.29 is 4.74 Å². The second-order valence-corrected chi connectivity index (χ2v) is 8.63. The lowest BCUT2D eigenvalue weighted by molar-refractivity contribution is 0.0978. The van der Waals surface area contributed by atoms with E-state index in [1.165, 1.54) is 42.8 Å². The lowest BCUT2D eigenvalue weighted by Crippen LogP contribution is -2.55. The number of para-hydroxylation sites is 2. The molecule has 0 N–H and O–H groups in total. The van der Waals surface area contributed by atoms with Crippen molar-refractivity contribution in [3.63, 3.8) is 0 Å². The van der Waals surface area contributed by atoms with Crippen molar-refractivity contribution in [2.24, 2.45) is 0 Å². The summed E-state index contributed by atoms with van der Waals surface area (Å²) >= 11 is 0. The molecule has 2 heterocycles. The molecule has 4 rings (SSSR count). The number of rotatable bonds is 6. The minimum Gasteiger partial charge on any atom is -0.495 e. The fraction of sp³-hybridized carbons (Fsp3) is 0.462. The van der Waals surface area contributed by atoms with Crippen molar-refractivity contribution in [2.75, 3.05) is 57.8 Å². The van der Waals surface area contributed by atoms with Crippen LogP contribution in [0.3, 0.4) is 0 Å². The molecule has 4 nitrogen and oxygen atoms in total. The number of piperidine rings is 1. The van der Waals surface area contributed by atoms with Gasteiger partial charge in [-0.15, -0.1) is 0 Å². The van der Waals surface area contributed by atoms with Crippen LogP contribution in [0.4, 0.5) is 5.69 Å². The Morgan fingerprint density at radius 1 is 0.967 bits per heavy atom. The molecule has 2 aliphatic rings. The van der Waals surface area contributed by atoms with E-state index in [1.807, 2.05) is 6.07 Å². The topological polar surface area (TPSA) is 19.0 Å². The van der Waals surface area contributed by atoms with Crippen molar-refractivity contribution in [3.05, 3.63) is 65.7 Å². The first kappa shape index (κ1) is 21.0. The van der Waals surface area contributed by atoms with Gasteiger partial charge in [-0.3, -0.25) is 9.80 Å². The van der Waals surface area contributed by atoms with Crippen LogP contribution < -0.4 is 9.64 Å². The molecular formula is C26H35N3O. The Bertz CT molecular complexity index is 827. The van der Waals surface area contributed by atoms with Gasteiger partial charge in [-0.25, -0.2) is 0 Å². The predicted molar refractivity (Wildman–Crippen MR) is 126 cm³/mol. The first-order chi connectivity index (χ1) is 14.7. The SMILES string of the molecule is COc1ccccc1N1CCN([C@H]2CCCN(C/C(C)=C/c3ccccc3)C2)CC1. The van der Waals surface area contributed by atoms with Gasteiger partial charge in [-0.05, 0) is 44.0 Å². The van der Waals surface area contributed by atoms with E-state index < -0.39 is 0 Å². The van der Waals surface area contributed by atoms with Crippen LogP contribution in [0.15, 0.2) is 60.2 Å². The molecule has 30 heavy (non-hydrogen) atoms. The zero-order chi connectivity index (χ0) is 20.8. The van der Waals surface area contributed by atoms with Gasteiger partial charge in [-0.2, -0.15) is 0 Å². The van der Waals surface area contributed by atoms with Crippen molar-refractivity contribution in [1.29, 1.82) is 0 Å². The van der Waals surface area contributed by atoms with E-state index in [1.54, 1.807) is 7.11 Å². The smallest absolute Gasteiger partial charge is 0.142 e. The molecule has 4 heteroatoms. The second kappa shape index (κ2) is 10.1. The average molecular weight is 406 g/mol. The molecule has 0 unspecified atom stereocenters. The first-order valence-corrected chi connectivity index (χ1v) is 11.3. The van der Waals surface area contributed by atoms with Gasteiger partial charge in [0.05, 0.1) is 12.8 Å². The fourth-order valence-corrected chi connectivity index (χ4v) is 4.92. The summed E-state index contributed by atoms with van der Waals surface area (Å²) in [6.45, 7) is 10.2. The van der Waals surface area contributed by atoms with Gasteiger partial charge in [0.2, 0.25) is 0 Å². The molecule has 0 spiro atoms. The number of benzene rings is 2. The molecule has 0 saturated carbocycles. The molecule has 0 bridgehead atoms. The Balaban J connectivity index is 1.30.